The SMILES string of the molecule is CCOC(=O)CCn1cc(CSc2ccccc2C(=O)O)nn1. The number of aromatic carboxylic acids is 1. The van der Waals surface area contributed by atoms with Gasteiger partial charge in [0.15, 0.2) is 0 Å². The van der Waals surface area contributed by atoms with Crippen LogP contribution in [-0.4, -0.2) is 38.6 Å². The second-order valence-corrected chi connectivity index (χ2v) is 5.64. The lowest BCUT2D eigenvalue weighted by Gasteiger charge is -2.03. The summed E-state index contributed by atoms with van der Waals surface area (Å²) in [7, 11) is 0. The summed E-state index contributed by atoms with van der Waals surface area (Å²) in [6, 6.07) is 6.82. The van der Waals surface area contributed by atoms with E-state index in [-0.39, 0.29) is 18.0 Å². The zero-order valence-corrected chi connectivity index (χ0v) is 13.5. The summed E-state index contributed by atoms with van der Waals surface area (Å²) in [5.74, 6) is -0.718. The van der Waals surface area contributed by atoms with Crippen LogP contribution in [0.15, 0.2) is 35.4 Å². The molecule has 0 bridgehead atoms. The van der Waals surface area contributed by atoms with Crippen molar-refractivity contribution in [1.29, 1.82) is 0 Å². The van der Waals surface area contributed by atoms with Crippen LogP contribution in [0.4, 0.5) is 0 Å². The first-order valence-electron chi connectivity index (χ1n) is 7.10. The van der Waals surface area contributed by atoms with E-state index in [9.17, 15) is 9.59 Å². The number of carbonyl (C=O) groups excluding carboxylic acids is 1. The molecule has 0 atom stereocenters. The van der Waals surface area contributed by atoms with E-state index >= 15 is 0 Å². The molecule has 23 heavy (non-hydrogen) atoms. The summed E-state index contributed by atoms with van der Waals surface area (Å²) < 4.78 is 6.43. The van der Waals surface area contributed by atoms with Gasteiger partial charge in [0, 0.05) is 16.8 Å². The molecule has 1 N–H and O–H groups in total. The second-order valence-electron chi connectivity index (χ2n) is 4.62. The Hall–Kier alpha value is -2.35. The average molecular weight is 335 g/mol. The summed E-state index contributed by atoms with van der Waals surface area (Å²) >= 11 is 1.39. The molecule has 0 spiro atoms. The Labute approximate surface area is 137 Å². The number of aromatic nitrogens is 3. The molecule has 2 rings (SSSR count). The highest BCUT2D eigenvalue weighted by Crippen LogP contribution is 2.25. The zero-order chi connectivity index (χ0) is 16.7. The van der Waals surface area contributed by atoms with Gasteiger partial charge in [-0.15, -0.1) is 16.9 Å². The van der Waals surface area contributed by atoms with Crippen LogP contribution in [-0.2, 0) is 21.8 Å². The Bertz CT molecular complexity index is 687. The number of carbonyl (C=O) groups is 2. The molecule has 0 amide bonds. The third-order valence-electron chi connectivity index (χ3n) is 2.93. The molecule has 8 heteroatoms. The van der Waals surface area contributed by atoms with Crippen molar-refractivity contribution in [2.24, 2.45) is 0 Å². The molecule has 0 aliphatic carbocycles. The number of benzene rings is 1. The van der Waals surface area contributed by atoms with E-state index < -0.39 is 5.97 Å². The monoisotopic (exact) mass is 335 g/mol. The van der Waals surface area contributed by atoms with Crippen LogP contribution in [0.3, 0.4) is 0 Å². The van der Waals surface area contributed by atoms with Gasteiger partial charge in [0.25, 0.3) is 0 Å². The lowest BCUT2D eigenvalue weighted by molar-refractivity contribution is -0.143. The molecule has 0 saturated carbocycles. The van der Waals surface area contributed by atoms with E-state index in [1.165, 1.54) is 11.8 Å². The van der Waals surface area contributed by atoms with Crippen molar-refractivity contribution >= 4 is 23.7 Å². The molecule has 0 saturated heterocycles. The van der Waals surface area contributed by atoms with Gasteiger partial charge in [-0.1, -0.05) is 17.3 Å². The minimum Gasteiger partial charge on any atom is -0.478 e. The minimum atomic E-state index is -0.953. The number of hydrogen-bond donors (Lipinski definition) is 1. The largest absolute Gasteiger partial charge is 0.478 e. The van der Waals surface area contributed by atoms with Crippen molar-refractivity contribution in [3.05, 3.63) is 41.7 Å². The highest BCUT2D eigenvalue weighted by molar-refractivity contribution is 7.98. The molecule has 122 valence electrons. The van der Waals surface area contributed by atoms with Crippen LogP contribution in [0.5, 0.6) is 0 Å². The number of aryl methyl sites for hydroxylation is 1. The number of hydrogen-bond acceptors (Lipinski definition) is 6. The van der Waals surface area contributed by atoms with Gasteiger partial charge in [-0.2, -0.15) is 0 Å². The number of thioether (sulfide) groups is 1. The van der Waals surface area contributed by atoms with Crippen LogP contribution in [0.1, 0.15) is 29.4 Å². The maximum Gasteiger partial charge on any atom is 0.336 e. The fourth-order valence-electron chi connectivity index (χ4n) is 1.87. The van der Waals surface area contributed by atoms with E-state index in [1.54, 1.807) is 42.1 Å². The van der Waals surface area contributed by atoms with E-state index in [1.807, 2.05) is 0 Å². The van der Waals surface area contributed by atoms with Gasteiger partial charge < -0.3 is 9.84 Å². The zero-order valence-electron chi connectivity index (χ0n) is 12.6. The van der Waals surface area contributed by atoms with Crippen molar-refractivity contribution in [3.63, 3.8) is 0 Å². The standard InChI is InChI=1S/C15H17N3O4S/c1-2-22-14(19)7-8-18-9-11(16-17-18)10-23-13-6-4-3-5-12(13)15(20)21/h3-6,9H,2,7-8,10H2,1H3,(H,20,21). The fraction of sp³-hybridized carbons (Fsp3) is 0.333. The molecule has 1 heterocycles. The predicted molar refractivity (Wildman–Crippen MR) is 84.2 cm³/mol. The molecular formula is C15H17N3O4S. The normalized spacial score (nSPS) is 10.5. The quantitative estimate of drug-likeness (QED) is 0.584. The molecule has 2 aromatic rings. The molecule has 1 aromatic carbocycles. The topological polar surface area (TPSA) is 94.3 Å². The number of carboxylic acid groups (broad SMARTS) is 1. The van der Waals surface area contributed by atoms with Crippen LogP contribution < -0.4 is 0 Å². The maximum atomic E-state index is 11.3. The van der Waals surface area contributed by atoms with E-state index in [4.69, 9.17) is 9.84 Å². The lowest BCUT2D eigenvalue weighted by Crippen LogP contribution is -2.09. The van der Waals surface area contributed by atoms with Crippen molar-refractivity contribution in [2.45, 2.75) is 30.5 Å². The van der Waals surface area contributed by atoms with E-state index in [2.05, 4.69) is 10.3 Å². The summed E-state index contributed by atoms with van der Waals surface area (Å²) in [4.78, 5) is 23.1. The van der Waals surface area contributed by atoms with Gasteiger partial charge in [0.2, 0.25) is 0 Å². The Morgan fingerprint density at radius 2 is 2.13 bits per heavy atom. The number of nitrogens with zero attached hydrogens (tertiary/aromatic N) is 3. The number of rotatable bonds is 8. The molecule has 0 unspecified atom stereocenters. The minimum absolute atomic E-state index is 0.242. The summed E-state index contributed by atoms with van der Waals surface area (Å²) in [6.07, 6.45) is 1.99. The molecular weight excluding hydrogens is 318 g/mol. The summed E-state index contributed by atoms with van der Waals surface area (Å²) in [5.41, 5.74) is 0.992. The van der Waals surface area contributed by atoms with Gasteiger partial charge in [0.05, 0.1) is 30.8 Å². The van der Waals surface area contributed by atoms with Crippen molar-refractivity contribution in [1.82, 2.24) is 15.0 Å². The lowest BCUT2D eigenvalue weighted by atomic mass is 10.2. The Balaban J connectivity index is 1.90. The van der Waals surface area contributed by atoms with Gasteiger partial charge in [-0.3, -0.25) is 9.48 Å². The van der Waals surface area contributed by atoms with Gasteiger partial charge >= 0.3 is 11.9 Å². The summed E-state index contributed by atoms with van der Waals surface area (Å²) in [6.45, 7) is 2.53. The molecule has 7 nitrogen and oxygen atoms in total. The number of esters is 1. The van der Waals surface area contributed by atoms with Crippen molar-refractivity contribution < 1.29 is 19.4 Å². The van der Waals surface area contributed by atoms with Crippen molar-refractivity contribution in [2.75, 3.05) is 6.61 Å². The van der Waals surface area contributed by atoms with Gasteiger partial charge in [-0.25, -0.2) is 4.79 Å². The Morgan fingerprint density at radius 3 is 2.87 bits per heavy atom. The van der Waals surface area contributed by atoms with Gasteiger partial charge in [-0.05, 0) is 19.1 Å². The highest BCUT2D eigenvalue weighted by atomic mass is 32.2. The smallest absolute Gasteiger partial charge is 0.336 e. The second kappa shape index (κ2) is 8.33. The molecule has 0 radical (unpaired) electrons. The predicted octanol–water partition coefficient (Wildman–Crippen LogP) is 2.22. The van der Waals surface area contributed by atoms with Gasteiger partial charge in [0.1, 0.15) is 0 Å². The van der Waals surface area contributed by atoms with Crippen LogP contribution >= 0.6 is 11.8 Å². The third-order valence-corrected chi connectivity index (χ3v) is 4.04. The first-order chi connectivity index (χ1) is 11.1. The molecule has 0 aliphatic rings. The molecule has 1 aromatic heterocycles. The highest BCUT2D eigenvalue weighted by Gasteiger charge is 2.11. The fourth-order valence-corrected chi connectivity index (χ4v) is 2.80. The van der Waals surface area contributed by atoms with E-state index in [0.717, 1.165) is 5.69 Å². The summed E-state index contributed by atoms with van der Waals surface area (Å²) in [5, 5.41) is 17.1. The first kappa shape index (κ1) is 17.0. The average Bonchev–Trinajstić information content (AvgIpc) is 2.99. The van der Waals surface area contributed by atoms with Crippen LogP contribution in [0.25, 0.3) is 0 Å². The first-order valence-corrected chi connectivity index (χ1v) is 8.08. The van der Waals surface area contributed by atoms with Crippen LogP contribution in [0, 0.1) is 0 Å². The molecule has 0 aliphatic heterocycles. The molecule has 0 fully saturated rings. The third kappa shape index (κ3) is 5.10. The Kier molecular flexibility index (Phi) is 6.16. The maximum absolute atomic E-state index is 11.3. The number of ether oxygens (including phenoxy) is 1. The Morgan fingerprint density at radius 1 is 1.35 bits per heavy atom. The van der Waals surface area contributed by atoms with E-state index in [0.29, 0.717) is 23.8 Å². The van der Waals surface area contributed by atoms with Crippen LogP contribution in [0.2, 0.25) is 0 Å². The van der Waals surface area contributed by atoms with Crippen molar-refractivity contribution in [3.8, 4) is 0 Å². The number of carboxylic acids is 1.